The number of halogens is 2. The summed E-state index contributed by atoms with van der Waals surface area (Å²) in [5.74, 6) is -0.407. The number of benzene rings is 1. The van der Waals surface area contributed by atoms with Crippen LogP contribution in [-0.2, 0) is 0 Å². The standard InChI is InChI=1S/C12H8BrFN2O2/c13-9-5-6-10(11(15)17)16-12(9)18-8-3-1-7(14)2-4-8/h1-6H,(H2,15,17). The maximum absolute atomic E-state index is 12.7. The number of nitrogens with two attached hydrogens (primary N) is 1. The summed E-state index contributed by atoms with van der Waals surface area (Å²) in [4.78, 5) is 15.0. The lowest BCUT2D eigenvalue weighted by atomic mass is 10.3. The first-order valence-corrected chi connectivity index (χ1v) is 5.75. The fourth-order valence-electron chi connectivity index (χ4n) is 1.25. The van der Waals surface area contributed by atoms with Crippen LogP contribution in [0.25, 0.3) is 0 Å². The first kappa shape index (κ1) is 12.5. The molecule has 0 aliphatic carbocycles. The lowest BCUT2D eigenvalue weighted by Crippen LogP contribution is -2.13. The van der Waals surface area contributed by atoms with Gasteiger partial charge in [-0.15, -0.1) is 0 Å². The molecule has 0 unspecified atom stereocenters. The van der Waals surface area contributed by atoms with Crippen LogP contribution in [0, 0.1) is 5.82 Å². The van der Waals surface area contributed by atoms with Crippen molar-refractivity contribution < 1.29 is 13.9 Å². The summed E-state index contributed by atoms with van der Waals surface area (Å²) < 4.78 is 18.7. The summed E-state index contributed by atoms with van der Waals surface area (Å²) in [6, 6.07) is 8.53. The first-order chi connectivity index (χ1) is 8.56. The number of carbonyl (C=O) groups is 1. The molecule has 2 rings (SSSR count). The Kier molecular flexibility index (Phi) is 3.57. The number of amides is 1. The van der Waals surface area contributed by atoms with Gasteiger partial charge < -0.3 is 10.5 Å². The van der Waals surface area contributed by atoms with Gasteiger partial charge in [0, 0.05) is 0 Å². The van der Waals surface area contributed by atoms with E-state index < -0.39 is 5.91 Å². The van der Waals surface area contributed by atoms with Gasteiger partial charge in [-0.25, -0.2) is 9.37 Å². The van der Waals surface area contributed by atoms with Crippen molar-refractivity contribution in [1.29, 1.82) is 0 Å². The number of rotatable bonds is 3. The molecule has 1 amide bonds. The Balaban J connectivity index is 2.30. The Labute approximate surface area is 111 Å². The SMILES string of the molecule is NC(=O)c1ccc(Br)c(Oc2ccc(F)cc2)n1. The average molecular weight is 311 g/mol. The summed E-state index contributed by atoms with van der Waals surface area (Å²) in [5, 5.41) is 0. The summed E-state index contributed by atoms with van der Waals surface area (Å²) in [6.07, 6.45) is 0. The molecule has 6 heteroatoms. The van der Waals surface area contributed by atoms with Crippen molar-refractivity contribution in [2.75, 3.05) is 0 Å². The maximum atomic E-state index is 12.7. The monoisotopic (exact) mass is 310 g/mol. The normalized spacial score (nSPS) is 10.1. The average Bonchev–Trinajstić information content (AvgIpc) is 2.34. The van der Waals surface area contributed by atoms with Crippen molar-refractivity contribution in [3.05, 3.63) is 52.4 Å². The Hall–Kier alpha value is -1.95. The Morgan fingerprint density at radius 2 is 1.89 bits per heavy atom. The van der Waals surface area contributed by atoms with Crippen molar-refractivity contribution in [2.45, 2.75) is 0 Å². The summed E-state index contributed by atoms with van der Waals surface area (Å²) in [6.45, 7) is 0. The second kappa shape index (κ2) is 5.14. The fourth-order valence-corrected chi connectivity index (χ4v) is 1.55. The van der Waals surface area contributed by atoms with E-state index in [0.717, 1.165) is 0 Å². The first-order valence-electron chi connectivity index (χ1n) is 4.96. The third kappa shape index (κ3) is 2.84. The predicted molar refractivity (Wildman–Crippen MR) is 66.9 cm³/mol. The molecule has 0 aliphatic rings. The number of ether oxygens (including phenoxy) is 1. The summed E-state index contributed by atoms with van der Waals surface area (Å²) in [7, 11) is 0. The van der Waals surface area contributed by atoms with Crippen molar-refractivity contribution in [1.82, 2.24) is 4.98 Å². The van der Waals surface area contributed by atoms with Gasteiger partial charge in [0.05, 0.1) is 4.47 Å². The van der Waals surface area contributed by atoms with Gasteiger partial charge in [0.2, 0.25) is 5.88 Å². The van der Waals surface area contributed by atoms with Crippen LogP contribution >= 0.6 is 15.9 Å². The van der Waals surface area contributed by atoms with Crippen LogP contribution in [0.3, 0.4) is 0 Å². The third-order valence-electron chi connectivity index (χ3n) is 2.09. The molecule has 18 heavy (non-hydrogen) atoms. The fraction of sp³-hybridized carbons (Fsp3) is 0. The summed E-state index contributed by atoms with van der Waals surface area (Å²) >= 11 is 3.24. The number of pyridine rings is 1. The van der Waals surface area contributed by atoms with Crippen molar-refractivity contribution in [3.8, 4) is 11.6 Å². The highest BCUT2D eigenvalue weighted by Gasteiger charge is 2.09. The Bertz CT molecular complexity index is 587. The zero-order chi connectivity index (χ0) is 13.1. The van der Waals surface area contributed by atoms with Gasteiger partial charge in [0.1, 0.15) is 17.3 Å². The summed E-state index contributed by atoms with van der Waals surface area (Å²) in [5.41, 5.74) is 5.22. The van der Waals surface area contributed by atoms with Gasteiger partial charge >= 0.3 is 0 Å². The maximum Gasteiger partial charge on any atom is 0.267 e. The molecule has 0 bridgehead atoms. The van der Waals surface area contributed by atoms with Gasteiger partial charge in [-0.1, -0.05) is 0 Å². The van der Waals surface area contributed by atoms with Gasteiger partial charge in [-0.2, -0.15) is 0 Å². The highest BCUT2D eigenvalue weighted by Crippen LogP contribution is 2.27. The van der Waals surface area contributed by atoms with E-state index >= 15 is 0 Å². The highest BCUT2D eigenvalue weighted by molar-refractivity contribution is 9.10. The smallest absolute Gasteiger partial charge is 0.267 e. The van der Waals surface area contributed by atoms with Gasteiger partial charge in [-0.3, -0.25) is 4.79 Å². The number of hydrogen-bond donors (Lipinski definition) is 1. The zero-order valence-electron chi connectivity index (χ0n) is 9.06. The number of nitrogens with zero attached hydrogens (tertiary/aromatic N) is 1. The molecule has 0 saturated heterocycles. The van der Waals surface area contributed by atoms with Crippen molar-refractivity contribution in [3.63, 3.8) is 0 Å². The van der Waals surface area contributed by atoms with E-state index in [0.29, 0.717) is 10.2 Å². The second-order valence-electron chi connectivity index (χ2n) is 3.40. The quantitative estimate of drug-likeness (QED) is 0.948. The molecule has 1 aromatic heterocycles. The zero-order valence-corrected chi connectivity index (χ0v) is 10.6. The minimum Gasteiger partial charge on any atom is -0.438 e. The minimum atomic E-state index is -0.647. The Morgan fingerprint density at radius 3 is 2.50 bits per heavy atom. The second-order valence-corrected chi connectivity index (χ2v) is 4.26. The van der Waals surface area contributed by atoms with E-state index in [9.17, 15) is 9.18 Å². The topological polar surface area (TPSA) is 65.2 Å². The van der Waals surface area contributed by atoms with E-state index in [-0.39, 0.29) is 17.4 Å². The molecule has 0 atom stereocenters. The molecule has 0 spiro atoms. The molecule has 2 N–H and O–H groups in total. The molecular formula is C12H8BrFN2O2. The molecule has 1 aromatic carbocycles. The van der Waals surface area contributed by atoms with Gasteiger partial charge in [0.25, 0.3) is 5.91 Å². The number of hydrogen-bond acceptors (Lipinski definition) is 3. The number of primary amides is 1. The third-order valence-corrected chi connectivity index (χ3v) is 2.70. The molecule has 0 radical (unpaired) electrons. The van der Waals surface area contributed by atoms with Crippen LogP contribution in [0.4, 0.5) is 4.39 Å². The van der Waals surface area contributed by atoms with Crippen LogP contribution in [-0.4, -0.2) is 10.9 Å². The number of carbonyl (C=O) groups excluding carboxylic acids is 1. The van der Waals surface area contributed by atoms with Crippen LogP contribution in [0.1, 0.15) is 10.5 Å². The molecule has 2 aromatic rings. The van der Waals surface area contributed by atoms with E-state index in [1.165, 1.54) is 30.3 Å². The molecule has 0 saturated carbocycles. The molecular weight excluding hydrogens is 303 g/mol. The Morgan fingerprint density at radius 1 is 1.22 bits per heavy atom. The van der Waals surface area contributed by atoms with Crippen molar-refractivity contribution >= 4 is 21.8 Å². The highest BCUT2D eigenvalue weighted by atomic mass is 79.9. The van der Waals surface area contributed by atoms with E-state index in [2.05, 4.69) is 20.9 Å². The molecule has 4 nitrogen and oxygen atoms in total. The molecule has 0 fully saturated rings. The lowest BCUT2D eigenvalue weighted by molar-refractivity contribution is 0.0995. The van der Waals surface area contributed by atoms with Gasteiger partial charge in [0.15, 0.2) is 0 Å². The van der Waals surface area contributed by atoms with Gasteiger partial charge in [-0.05, 0) is 52.3 Å². The van der Waals surface area contributed by atoms with E-state index in [4.69, 9.17) is 10.5 Å². The van der Waals surface area contributed by atoms with Crippen LogP contribution in [0.15, 0.2) is 40.9 Å². The van der Waals surface area contributed by atoms with Crippen LogP contribution < -0.4 is 10.5 Å². The molecule has 0 aliphatic heterocycles. The largest absolute Gasteiger partial charge is 0.438 e. The van der Waals surface area contributed by atoms with Crippen LogP contribution in [0.5, 0.6) is 11.6 Å². The number of aromatic nitrogens is 1. The van der Waals surface area contributed by atoms with Crippen LogP contribution in [0.2, 0.25) is 0 Å². The molecule has 92 valence electrons. The lowest BCUT2D eigenvalue weighted by Gasteiger charge is -2.07. The molecule has 1 heterocycles. The van der Waals surface area contributed by atoms with E-state index in [1.54, 1.807) is 6.07 Å². The minimum absolute atomic E-state index is 0.0929. The van der Waals surface area contributed by atoms with Crippen molar-refractivity contribution in [2.24, 2.45) is 5.73 Å². The van der Waals surface area contributed by atoms with E-state index in [1.807, 2.05) is 0 Å². The predicted octanol–water partition coefficient (Wildman–Crippen LogP) is 2.87.